The van der Waals surface area contributed by atoms with Crippen molar-refractivity contribution >= 4 is 49.6 Å². The van der Waals surface area contributed by atoms with Crippen molar-refractivity contribution in [2.75, 3.05) is 0 Å². The number of benzene rings is 3. The van der Waals surface area contributed by atoms with Gasteiger partial charge in [0.1, 0.15) is 4.90 Å². The Morgan fingerprint density at radius 1 is 0.786 bits per heavy atom. The summed E-state index contributed by atoms with van der Waals surface area (Å²) in [6.45, 7) is 0. The van der Waals surface area contributed by atoms with Gasteiger partial charge < -0.3 is 0 Å². The van der Waals surface area contributed by atoms with Gasteiger partial charge in [-0.1, -0.05) is 24.3 Å². The highest BCUT2D eigenvalue weighted by Crippen LogP contribution is 2.42. The zero-order valence-electron chi connectivity index (χ0n) is 13.9. The van der Waals surface area contributed by atoms with E-state index in [2.05, 4.69) is 0 Å². The first kappa shape index (κ1) is 17.1. The van der Waals surface area contributed by atoms with Crippen LogP contribution in [0.4, 0.5) is 0 Å². The lowest BCUT2D eigenvalue weighted by Gasteiger charge is -2.14. The smallest absolute Gasteiger partial charge is 0.281 e. The van der Waals surface area contributed by atoms with Gasteiger partial charge in [0.05, 0.1) is 11.1 Å². The van der Waals surface area contributed by atoms with Crippen LogP contribution < -0.4 is 0 Å². The number of carbonyl (C=O) groups is 3. The van der Waals surface area contributed by atoms with Crippen molar-refractivity contribution < 1.29 is 27.1 Å². The first-order valence-electron chi connectivity index (χ1n) is 8.09. The Balaban J connectivity index is 1.60. The summed E-state index contributed by atoms with van der Waals surface area (Å²) in [5.41, 5.74) is 0.561. The second kappa shape index (κ2) is 5.74. The zero-order chi connectivity index (χ0) is 19.6. The van der Waals surface area contributed by atoms with Crippen LogP contribution >= 0.6 is 11.8 Å². The van der Waals surface area contributed by atoms with Crippen LogP contribution in [-0.2, 0) is 14.4 Å². The molecule has 0 saturated carbocycles. The summed E-state index contributed by atoms with van der Waals surface area (Å²) in [5.74, 6) is -1.69. The number of fused-ring (bicyclic) bond motifs is 1. The lowest BCUT2D eigenvalue weighted by Crippen LogP contribution is -2.32. The normalized spacial score (nSPS) is 15.6. The molecule has 0 atom stereocenters. The first-order valence-corrected chi connectivity index (χ1v) is 10.3. The average Bonchev–Trinajstić information content (AvgIpc) is 3.13. The fourth-order valence-corrected chi connectivity index (χ4v) is 5.37. The van der Waals surface area contributed by atoms with E-state index in [1.54, 1.807) is 30.3 Å². The van der Waals surface area contributed by atoms with Crippen LogP contribution in [0.1, 0.15) is 31.1 Å². The molecule has 0 fully saturated rings. The molecule has 3 aromatic rings. The third kappa shape index (κ3) is 2.27. The zero-order valence-corrected chi connectivity index (χ0v) is 15.5. The van der Waals surface area contributed by atoms with Crippen molar-refractivity contribution in [3.8, 4) is 0 Å². The maximum absolute atomic E-state index is 12.9. The number of imide groups is 1. The number of hydroxylamine groups is 2. The van der Waals surface area contributed by atoms with E-state index in [0.717, 1.165) is 11.8 Å². The van der Waals surface area contributed by atoms with Crippen LogP contribution in [0, 0.1) is 0 Å². The van der Waals surface area contributed by atoms with Crippen molar-refractivity contribution in [2.45, 2.75) is 9.79 Å². The molecule has 2 aliphatic rings. The second-order valence-corrected chi connectivity index (χ2v) is 8.67. The highest BCUT2D eigenvalue weighted by molar-refractivity contribution is 8.14. The van der Waals surface area contributed by atoms with Crippen molar-refractivity contribution in [1.82, 2.24) is 5.06 Å². The highest BCUT2D eigenvalue weighted by Gasteiger charge is 2.40. The summed E-state index contributed by atoms with van der Waals surface area (Å²) in [6, 6.07) is 13.6. The Labute approximate surface area is 163 Å². The molecule has 0 radical (unpaired) electrons. The summed E-state index contributed by atoms with van der Waals surface area (Å²) in [7, 11) is -4.51. The third-order valence-corrected chi connectivity index (χ3v) is 6.79. The third-order valence-electron chi connectivity index (χ3n) is 4.58. The Morgan fingerprint density at radius 3 is 2.11 bits per heavy atom. The Bertz CT molecular complexity index is 1310. The van der Waals surface area contributed by atoms with Crippen molar-refractivity contribution in [3.63, 3.8) is 0 Å². The molecular formula is C19H9NO6S2. The Hall–Kier alpha value is -3.01. The molecule has 0 spiro atoms. The molecule has 7 nitrogen and oxygen atoms in total. The number of hydrogen-bond donors (Lipinski definition) is 0. The minimum absolute atomic E-state index is 0.0742. The SMILES string of the molecule is O=C1Sc2ccc(S(=O)(=O)ON3C(=O)c4ccccc4C3=O)c3cccc1c23. The van der Waals surface area contributed by atoms with Crippen LogP contribution in [0.3, 0.4) is 0 Å². The number of carbonyl (C=O) groups excluding carboxylic acids is 3. The molecule has 0 saturated heterocycles. The van der Waals surface area contributed by atoms with E-state index in [1.165, 1.54) is 24.3 Å². The standard InChI is InChI=1S/C19H9NO6S2/c21-17-10-4-1-2-5-11(10)18(22)20(17)26-28(24,25)15-9-8-14-16-12(15)6-3-7-13(16)19(23)27-14/h1-9H. The average molecular weight is 411 g/mol. The summed E-state index contributed by atoms with van der Waals surface area (Å²) >= 11 is 1.02. The lowest BCUT2D eigenvalue weighted by molar-refractivity contribution is -0.0103. The van der Waals surface area contributed by atoms with E-state index in [9.17, 15) is 22.8 Å². The molecule has 0 N–H and O–H groups in total. The van der Waals surface area contributed by atoms with Crippen molar-refractivity contribution in [3.05, 3.63) is 71.3 Å². The lowest BCUT2D eigenvalue weighted by atomic mass is 10.1. The van der Waals surface area contributed by atoms with Crippen LogP contribution in [0.15, 0.2) is 64.4 Å². The number of amides is 2. The number of nitrogens with zero attached hydrogens (tertiary/aromatic N) is 1. The van der Waals surface area contributed by atoms with Gasteiger partial charge in [0.2, 0.25) is 5.12 Å². The number of rotatable bonds is 3. The van der Waals surface area contributed by atoms with Gasteiger partial charge in [-0.05, 0) is 42.1 Å². The maximum Gasteiger partial charge on any atom is 0.318 e. The Kier molecular flexibility index (Phi) is 3.51. The van der Waals surface area contributed by atoms with E-state index in [1.807, 2.05) is 0 Å². The fourth-order valence-electron chi connectivity index (χ4n) is 3.35. The van der Waals surface area contributed by atoms with Crippen molar-refractivity contribution in [1.29, 1.82) is 0 Å². The van der Waals surface area contributed by atoms with Gasteiger partial charge in [0, 0.05) is 21.2 Å². The molecule has 0 unspecified atom stereocenters. The van der Waals surface area contributed by atoms with Crippen LogP contribution in [0.25, 0.3) is 10.8 Å². The van der Waals surface area contributed by atoms with Gasteiger partial charge in [-0.3, -0.25) is 14.4 Å². The number of thioether (sulfide) groups is 1. The van der Waals surface area contributed by atoms with Crippen LogP contribution in [0.2, 0.25) is 0 Å². The first-order chi connectivity index (χ1) is 13.4. The quantitative estimate of drug-likeness (QED) is 0.611. The summed E-state index contributed by atoms with van der Waals surface area (Å²) in [4.78, 5) is 37.3. The van der Waals surface area contributed by atoms with Gasteiger partial charge in [-0.15, -0.1) is 9.35 Å². The number of hydrogen-bond acceptors (Lipinski definition) is 7. The predicted molar refractivity (Wildman–Crippen MR) is 99.3 cm³/mol. The minimum atomic E-state index is -4.51. The van der Waals surface area contributed by atoms with Gasteiger partial charge >= 0.3 is 10.1 Å². The van der Waals surface area contributed by atoms with Gasteiger partial charge in [0.15, 0.2) is 0 Å². The van der Waals surface area contributed by atoms with E-state index in [4.69, 9.17) is 4.28 Å². The molecule has 5 rings (SSSR count). The summed E-state index contributed by atoms with van der Waals surface area (Å²) < 4.78 is 30.8. The molecule has 0 aromatic heterocycles. The topological polar surface area (TPSA) is 97.8 Å². The van der Waals surface area contributed by atoms with Crippen molar-refractivity contribution in [2.24, 2.45) is 0 Å². The van der Waals surface area contributed by atoms with E-state index >= 15 is 0 Å². The summed E-state index contributed by atoms with van der Waals surface area (Å²) in [6.07, 6.45) is 0. The molecule has 9 heteroatoms. The maximum atomic E-state index is 12.9. The van der Waals surface area contributed by atoms with Gasteiger partial charge in [-0.2, -0.15) is 8.42 Å². The molecule has 2 aliphatic heterocycles. The molecular weight excluding hydrogens is 402 g/mol. The summed E-state index contributed by atoms with van der Waals surface area (Å²) in [5, 5.41) is 0.897. The van der Waals surface area contributed by atoms with E-state index in [0.29, 0.717) is 21.2 Å². The molecule has 3 aromatic carbocycles. The second-order valence-electron chi connectivity index (χ2n) is 6.16. The predicted octanol–water partition coefficient (Wildman–Crippen LogP) is 3.00. The Morgan fingerprint density at radius 2 is 1.43 bits per heavy atom. The molecule has 28 heavy (non-hydrogen) atoms. The molecule has 0 aliphatic carbocycles. The fraction of sp³-hybridized carbons (Fsp3) is 0. The van der Waals surface area contributed by atoms with Gasteiger partial charge in [-0.25, -0.2) is 0 Å². The largest absolute Gasteiger partial charge is 0.318 e. The van der Waals surface area contributed by atoms with E-state index in [-0.39, 0.29) is 26.2 Å². The van der Waals surface area contributed by atoms with E-state index < -0.39 is 21.9 Å². The van der Waals surface area contributed by atoms with Crippen LogP contribution in [-0.4, -0.2) is 30.4 Å². The molecule has 2 amide bonds. The highest BCUT2D eigenvalue weighted by atomic mass is 32.2. The molecule has 138 valence electrons. The monoisotopic (exact) mass is 411 g/mol. The van der Waals surface area contributed by atoms with Gasteiger partial charge in [0.25, 0.3) is 11.8 Å². The van der Waals surface area contributed by atoms with Crippen LogP contribution in [0.5, 0.6) is 0 Å². The molecule has 0 bridgehead atoms. The molecule has 2 heterocycles. The minimum Gasteiger partial charge on any atom is -0.281 e.